The first-order valence-electron chi connectivity index (χ1n) is 6.04. The quantitative estimate of drug-likeness (QED) is 0.648. The van der Waals surface area contributed by atoms with Gasteiger partial charge in [0.15, 0.2) is 0 Å². The number of anilines is 2. The number of benzene rings is 1. The topological polar surface area (TPSA) is 77.2 Å². The molecule has 3 N–H and O–H groups in total. The van der Waals surface area contributed by atoms with E-state index in [0.717, 1.165) is 0 Å². The summed E-state index contributed by atoms with van der Waals surface area (Å²) in [7, 11) is 0. The zero-order valence-electron chi connectivity index (χ0n) is 10.7. The molecule has 2 aromatic rings. The molecule has 1 amide bonds. The van der Waals surface area contributed by atoms with Crippen LogP contribution in [-0.2, 0) is 4.79 Å². The standard InChI is InChI=1S/C14H14FN3O2/c15-12-5-2-6-13(17-12)18-14(19)7-8-20-11-4-1-3-10(16)9-11/h1-6,9H,7-8,16H2,(H,17,18,19). The number of carbonyl (C=O) groups is 1. The Morgan fingerprint density at radius 1 is 1.30 bits per heavy atom. The number of halogens is 1. The van der Waals surface area contributed by atoms with Crippen molar-refractivity contribution in [2.45, 2.75) is 6.42 Å². The van der Waals surface area contributed by atoms with Gasteiger partial charge in [-0.15, -0.1) is 0 Å². The van der Waals surface area contributed by atoms with Crippen molar-refractivity contribution < 1.29 is 13.9 Å². The highest BCUT2D eigenvalue weighted by Crippen LogP contribution is 2.14. The molecular weight excluding hydrogens is 261 g/mol. The van der Waals surface area contributed by atoms with E-state index in [1.807, 2.05) is 0 Å². The molecule has 1 aromatic carbocycles. The fourth-order valence-corrected chi connectivity index (χ4v) is 1.55. The first-order chi connectivity index (χ1) is 9.63. The molecule has 20 heavy (non-hydrogen) atoms. The summed E-state index contributed by atoms with van der Waals surface area (Å²) in [6.45, 7) is 0.199. The third-order valence-corrected chi connectivity index (χ3v) is 2.44. The van der Waals surface area contributed by atoms with Gasteiger partial charge in [-0.2, -0.15) is 4.39 Å². The Morgan fingerprint density at radius 3 is 2.85 bits per heavy atom. The molecule has 0 fully saturated rings. The van der Waals surface area contributed by atoms with Gasteiger partial charge in [0, 0.05) is 11.8 Å². The Hall–Kier alpha value is -2.63. The van der Waals surface area contributed by atoms with E-state index in [4.69, 9.17) is 10.5 Å². The van der Waals surface area contributed by atoms with Crippen LogP contribution in [-0.4, -0.2) is 17.5 Å². The normalized spacial score (nSPS) is 10.1. The lowest BCUT2D eigenvalue weighted by Gasteiger charge is -2.07. The van der Waals surface area contributed by atoms with Crippen molar-refractivity contribution in [3.63, 3.8) is 0 Å². The van der Waals surface area contributed by atoms with Crippen molar-refractivity contribution in [1.82, 2.24) is 4.98 Å². The van der Waals surface area contributed by atoms with Crippen LogP contribution in [0.2, 0.25) is 0 Å². The minimum atomic E-state index is -0.640. The molecule has 5 nitrogen and oxygen atoms in total. The van der Waals surface area contributed by atoms with Gasteiger partial charge in [0.05, 0.1) is 13.0 Å². The molecule has 104 valence electrons. The maximum Gasteiger partial charge on any atom is 0.228 e. The van der Waals surface area contributed by atoms with E-state index in [0.29, 0.717) is 11.4 Å². The number of nitrogens with two attached hydrogens (primary N) is 1. The Labute approximate surface area is 115 Å². The molecule has 0 spiro atoms. The Kier molecular flexibility index (Phi) is 4.49. The minimum Gasteiger partial charge on any atom is -0.493 e. The van der Waals surface area contributed by atoms with Crippen LogP contribution in [0.15, 0.2) is 42.5 Å². The minimum absolute atomic E-state index is 0.132. The number of ether oxygens (including phenoxy) is 1. The lowest BCUT2D eigenvalue weighted by atomic mass is 10.3. The maximum atomic E-state index is 12.8. The third kappa shape index (κ3) is 4.24. The second kappa shape index (κ2) is 6.51. The summed E-state index contributed by atoms with van der Waals surface area (Å²) >= 11 is 0. The Balaban J connectivity index is 1.78. The second-order valence-corrected chi connectivity index (χ2v) is 4.06. The molecule has 0 aliphatic carbocycles. The van der Waals surface area contributed by atoms with E-state index in [1.165, 1.54) is 18.2 Å². The molecule has 0 saturated heterocycles. The summed E-state index contributed by atoms with van der Waals surface area (Å²) in [4.78, 5) is 15.1. The number of hydrogen-bond donors (Lipinski definition) is 2. The predicted molar refractivity (Wildman–Crippen MR) is 73.8 cm³/mol. The number of carbonyl (C=O) groups excluding carboxylic acids is 1. The smallest absolute Gasteiger partial charge is 0.228 e. The summed E-state index contributed by atoms with van der Waals surface area (Å²) in [5, 5.41) is 2.49. The zero-order chi connectivity index (χ0) is 14.4. The van der Waals surface area contributed by atoms with Gasteiger partial charge in [-0.3, -0.25) is 4.79 Å². The lowest BCUT2D eigenvalue weighted by Crippen LogP contribution is -2.16. The van der Waals surface area contributed by atoms with Crippen molar-refractivity contribution in [3.8, 4) is 5.75 Å². The largest absolute Gasteiger partial charge is 0.493 e. The molecule has 2 rings (SSSR count). The molecule has 1 heterocycles. The van der Waals surface area contributed by atoms with Gasteiger partial charge in [0.25, 0.3) is 0 Å². The molecule has 0 unspecified atom stereocenters. The highest BCUT2D eigenvalue weighted by atomic mass is 19.1. The number of pyridine rings is 1. The lowest BCUT2D eigenvalue weighted by molar-refractivity contribution is -0.116. The maximum absolute atomic E-state index is 12.8. The first kappa shape index (κ1) is 13.8. The highest BCUT2D eigenvalue weighted by molar-refractivity contribution is 5.89. The van der Waals surface area contributed by atoms with Gasteiger partial charge in [0.2, 0.25) is 11.9 Å². The van der Waals surface area contributed by atoms with Crippen LogP contribution in [0.3, 0.4) is 0 Å². The summed E-state index contributed by atoms with van der Waals surface area (Å²) < 4.78 is 18.2. The highest BCUT2D eigenvalue weighted by Gasteiger charge is 2.04. The monoisotopic (exact) mass is 275 g/mol. The number of nitrogens with zero attached hydrogens (tertiary/aromatic N) is 1. The second-order valence-electron chi connectivity index (χ2n) is 4.06. The molecule has 0 aliphatic rings. The fraction of sp³-hybridized carbons (Fsp3) is 0.143. The number of amides is 1. The molecular formula is C14H14FN3O2. The molecule has 0 radical (unpaired) electrons. The molecule has 0 atom stereocenters. The number of aromatic nitrogens is 1. The number of rotatable bonds is 5. The predicted octanol–water partition coefficient (Wildman–Crippen LogP) is 2.21. The van der Waals surface area contributed by atoms with Crippen molar-refractivity contribution in [1.29, 1.82) is 0 Å². The molecule has 0 saturated carbocycles. The van der Waals surface area contributed by atoms with Crippen molar-refractivity contribution in [3.05, 3.63) is 48.4 Å². The zero-order valence-corrected chi connectivity index (χ0v) is 10.7. The SMILES string of the molecule is Nc1cccc(OCCC(=O)Nc2cccc(F)n2)c1. The molecule has 6 heteroatoms. The fourth-order valence-electron chi connectivity index (χ4n) is 1.55. The van der Waals surface area contributed by atoms with Crippen LogP contribution in [0.4, 0.5) is 15.9 Å². The molecule has 0 aliphatic heterocycles. The van der Waals surface area contributed by atoms with E-state index in [-0.39, 0.29) is 24.8 Å². The van der Waals surface area contributed by atoms with Gasteiger partial charge in [-0.1, -0.05) is 12.1 Å². The van der Waals surface area contributed by atoms with Gasteiger partial charge >= 0.3 is 0 Å². The van der Waals surface area contributed by atoms with Crippen LogP contribution in [0.25, 0.3) is 0 Å². The van der Waals surface area contributed by atoms with Crippen LogP contribution < -0.4 is 15.8 Å². The summed E-state index contributed by atoms with van der Waals surface area (Å²) in [6, 6.07) is 11.1. The van der Waals surface area contributed by atoms with Crippen molar-refractivity contribution >= 4 is 17.4 Å². The average Bonchev–Trinajstić information content (AvgIpc) is 2.38. The van der Waals surface area contributed by atoms with E-state index in [1.54, 1.807) is 24.3 Å². The van der Waals surface area contributed by atoms with Gasteiger partial charge in [0.1, 0.15) is 11.6 Å². The van der Waals surface area contributed by atoms with Crippen LogP contribution >= 0.6 is 0 Å². The van der Waals surface area contributed by atoms with E-state index < -0.39 is 5.95 Å². The van der Waals surface area contributed by atoms with Gasteiger partial charge < -0.3 is 15.8 Å². The number of hydrogen-bond acceptors (Lipinski definition) is 4. The van der Waals surface area contributed by atoms with Crippen LogP contribution in [0.5, 0.6) is 5.75 Å². The van der Waals surface area contributed by atoms with Crippen LogP contribution in [0.1, 0.15) is 6.42 Å². The van der Waals surface area contributed by atoms with Gasteiger partial charge in [-0.05, 0) is 24.3 Å². The number of nitrogens with one attached hydrogen (secondary N) is 1. The average molecular weight is 275 g/mol. The Morgan fingerprint density at radius 2 is 2.10 bits per heavy atom. The molecule has 0 bridgehead atoms. The third-order valence-electron chi connectivity index (χ3n) is 2.44. The van der Waals surface area contributed by atoms with E-state index >= 15 is 0 Å². The number of nitrogen functional groups attached to an aromatic ring is 1. The van der Waals surface area contributed by atoms with E-state index in [9.17, 15) is 9.18 Å². The van der Waals surface area contributed by atoms with Crippen molar-refractivity contribution in [2.24, 2.45) is 0 Å². The van der Waals surface area contributed by atoms with E-state index in [2.05, 4.69) is 10.3 Å². The Bertz CT molecular complexity index is 604. The first-order valence-corrected chi connectivity index (χ1v) is 6.04. The van der Waals surface area contributed by atoms with Gasteiger partial charge in [-0.25, -0.2) is 4.98 Å². The molecule has 1 aromatic heterocycles. The summed E-state index contributed by atoms with van der Waals surface area (Å²) in [6.07, 6.45) is 0.132. The summed E-state index contributed by atoms with van der Waals surface area (Å²) in [5.74, 6) is -0.161. The summed E-state index contributed by atoms with van der Waals surface area (Å²) in [5.41, 5.74) is 6.20. The van der Waals surface area contributed by atoms with Crippen molar-refractivity contribution in [2.75, 3.05) is 17.7 Å². The van der Waals surface area contributed by atoms with Crippen LogP contribution in [0, 0.1) is 5.95 Å².